The Morgan fingerprint density at radius 3 is 2.36 bits per heavy atom. The molecule has 1 N–H and O–H groups in total. The van der Waals surface area contributed by atoms with Crippen LogP contribution in [0.3, 0.4) is 0 Å². The molecule has 1 aliphatic carbocycles. The second kappa shape index (κ2) is 7.91. The highest BCUT2D eigenvalue weighted by Crippen LogP contribution is 2.26. The average molecular weight is 405 g/mol. The largest absolute Gasteiger partial charge is 0.348 e. The molecule has 0 unspecified atom stereocenters. The molecule has 0 bridgehead atoms. The lowest BCUT2D eigenvalue weighted by molar-refractivity contribution is -0.122. The lowest BCUT2D eigenvalue weighted by Crippen LogP contribution is -2.48. The molecule has 0 fully saturated rings. The van der Waals surface area contributed by atoms with Crippen molar-refractivity contribution in [1.82, 2.24) is 5.32 Å². The molecule has 3 rings (SSSR count). The van der Waals surface area contributed by atoms with Gasteiger partial charge in [0.1, 0.15) is 11.9 Å². The van der Waals surface area contributed by atoms with Gasteiger partial charge in [0.05, 0.1) is 18.0 Å². The zero-order valence-electron chi connectivity index (χ0n) is 16.3. The maximum atomic E-state index is 13.2. The molecular formula is C21H25FN2O3S. The summed E-state index contributed by atoms with van der Waals surface area (Å²) in [5.41, 5.74) is 3.91. The normalized spacial score (nSPS) is 15.6. The minimum atomic E-state index is -3.73. The highest BCUT2D eigenvalue weighted by Gasteiger charge is 2.30. The van der Waals surface area contributed by atoms with Gasteiger partial charge in [-0.3, -0.25) is 9.10 Å². The molecule has 2 aromatic carbocycles. The van der Waals surface area contributed by atoms with Gasteiger partial charge in [-0.15, -0.1) is 0 Å². The van der Waals surface area contributed by atoms with E-state index >= 15 is 0 Å². The van der Waals surface area contributed by atoms with Crippen molar-refractivity contribution < 1.29 is 17.6 Å². The highest BCUT2D eigenvalue weighted by molar-refractivity contribution is 7.92. The van der Waals surface area contributed by atoms with Gasteiger partial charge in [-0.05, 0) is 74.1 Å². The summed E-state index contributed by atoms with van der Waals surface area (Å²) in [6.07, 6.45) is 4.32. The third-order valence-electron chi connectivity index (χ3n) is 5.15. The Kier molecular flexibility index (Phi) is 5.74. The smallest absolute Gasteiger partial charge is 0.244 e. The quantitative estimate of drug-likeness (QED) is 0.803. The van der Waals surface area contributed by atoms with Gasteiger partial charge < -0.3 is 5.32 Å². The van der Waals surface area contributed by atoms with Crippen LogP contribution in [0.15, 0.2) is 42.5 Å². The summed E-state index contributed by atoms with van der Waals surface area (Å²) in [6, 6.07) is 10.0. The summed E-state index contributed by atoms with van der Waals surface area (Å²) in [5.74, 6) is -0.887. The van der Waals surface area contributed by atoms with Crippen molar-refractivity contribution in [2.24, 2.45) is 0 Å². The number of hydrogen-bond acceptors (Lipinski definition) is 3. The van der Waals surface area contributed by atoms with E-state index in [2.05, 4.69) is 17.4 Å². The van der Waals surface area contributed by atoms with Crippen molar-refractivity contribution in [3.8, 4) is 0 Å². The van der Waals surface area contributed by atoms with Crippen LogP contribution >= 0.6 is 0 Å². The first-order valence-electron chi connectivity index (χ1n) is 9.34. The Morgan fingerprint density at radius 2 is 1.71 bits per heavy atom. The number of rotatable bonds is 6. The number of halogens is 1. The van der Waals surface area contributed by atoms with Gasteiger partial charge >= 0.3 is 0 Å². The van der Waals surface area contributed by atoms with Gasteiger partial charge in [-0.25, -0.2) is 12.8 Å². The Bertz CT molecular complexity index is 974. The number of hydrogen-bond donors (Lipinski definition) is 1. The van der Waals surface area contributed by atoms with E-state index < -0.39 is 27.8 Å². The van der Waals surface area contributed by atoms with E-state index in [9.17, 15) is 17.6 Å². The van der Waals surface area contributed by atoms with Crippen LogP contribution in [0.5, 0.6) is 0 Å². The zero-order chi connectivity index (χ0) is 20.5. The molecule has 28 heavy (non-hydrogen) atoms. The van der Waals surface area contributed by atoms with E-state index in [4.69, 9.17) is 0 Å². The SMILES string of the molecule is C[C@H](NC(=O)[C@H](C)N(c1ccc(F)cc1)S(C)(=O)=O)c1ccc2c(c1)CCC2. The Hall–Kier alpha value is -2.41. The molecule has 0 aliphatic heterocycles. The van der Waals surface area contributed by atoms with Gasteiger partial charge in [0, 0.05) is 0 Å². The van der Waals surface area contributed by atoms with Crippen LogP contribution in [-0.4, -0.2) is 26.6 Å². The van der Waals surface area contributed by atoms with Crippen molar-refractivity contribution in [3.05, 3.63) is 65.0 Å². The number of benzene rings is 2. The van der Waals surface area contributed by atoms with Gasteiger partial charge in [-0.2, -0.15) is 0 Å². The van der Waals surface area contributed by atoms with Crippen LogP contribution in [0.25, 0.3) is 0 Å². The third kappa shape index (κ3) is 4.35. The molecule has 1 aliphatic rings. The fraction of sp³-hybridized carbons (Fsp3) is 0.381. The van der Waals surface area contributed by atoms with E-state index in [0.29, 0.717) is 0 Å². The molecule has 0 spiro atoms. The zero-order valence-corrected chi connectivity index (χ0v) is 17.1. The lowest BCUT2D eigenvalue weighted by Gasteiger charge is -2.29. The second-order valence-electron chi connectivity index (χ2n) is 7.32. The molecule has 0 saturated heterocycles. The summed E-state index contributed by atoms with van der Waals surface area (Å²) in [7, 11) is -3.73. The first kappa shape index (κ1) is 20.3. The van der Waals surface area contributed by atoms with Crippen LogP contribution in [0.1, 0.15) is 43.0 Å². The summed E-state index contributed by atoms with van der Waals surface area (Å²) >= 11 is 0. The standard InChI is InChI=1S/C21H25FN2O3S/c1-14(17-8-7-16-5-4-6-18(16)13-17)23-21(25)15(2)24(28(3,26)27)20-11-9-19(22)10-12-20/h7-15H,4-6H2,1-3H3,(H,23,25)/t14-,15-/m0/s1. The maximum absolute atomic E-state index is 13.2. The summed E-state index contributed by atoms with van der Waals surface area (Å²) in [4.78, 5) is 12.8. The number of carbonyl (C=O) groups excluding carboxylic acids is 1. The fourth-order valence-electron chi connectivity index (χ4n) is 3.68. The average Bonchev–Trinajstić information content (AvgIpc) is 3.10. The van der Waals surface area contributed by atoms with E-state index in [1.54, 1.807) is 0 Å². The van der Waals surface area contributed by atoms with Crippen LogP contribution in [0.2, 0.25) is 0 Å². The number of fused-ring (bicyclic) bond motifs is 1. The molecule has 2 aromatic rings. The van der Waals surface area contributed by atoms with E-state index in [0.717, 1.165) is 35.4 Å². The molecular weight excluding hydrogens is 379 g/mol. The molecule has 2 atom stereocenters. The first-order valence-corrected chi connectivity index (χ1v) is 11.2. The number of nitrogens with zero attached hydrogens (tertiary/aromatic N) is 1. The summed E-state index contributed by atoms with van der Waals surface area (Å²) in [5, 5.41) is 2.90. The molecule has 0 radical (unpaired) electrons. The molecule has 0 heterocycles. The van der Waals surface area contributed by atoms with Crippen molar-refractivity contribution in [2.45, 2.75) is 45.2 Å². The van der Waals surface area contributed by atoms with Crippen molar-refractivity contribution in [3.63, 3.8) is 0 Å². The number of nitrogens with one attached hydrogen (secondary N) is 1. The van der Waals surface area contributed by atoms with Crippen LogP contribution in [-0.2, 0) is 27.7 Å². The monoisotopic (exact) mass is 404 g/mol. The van der Waals surface area contributed by atoms with Gasteiger partial charge in [0.2, 0.25) is 15.9 Å². The third-order valence-corrected chi connectivity index (χ3v) is 6.39. The highest BCUT2D eigenvalue weighted by atomic mass is 32.2. The first-order chi connectivity index (χ1) is 13.2. The molecule has 150 valence electrons. The number of anilines is 1. The second-order valence-corrected chi connectivity index (χ2v) is 9.18. The van der Waals surface area contributed by atoms with Crippen LogP contribution in [0.4, 0.5) is 10.1 Å². The number of amides is 1. The van der Waals surface area contributed by atoms with E-state index in [1.165, 1.54) is 42.3 Å². The van der Waals surface area contributed by atoms with E-state index in [-0.39, 0.29) is 11.7 Å². The number of carbonyl (C=O) groups is 1. The van der Waals surface area contributed by atoms with Crippen molar-refractivity contribution in [1.29, 1.82) is 0 Å². The number of sulfonamides is 1. The van der Waals surface area contributed by atoms with Crippen molar-refractivity contribution >= 4 is 21.6 Å². The minimum Gasteiger partial charge on any atom is -0.348 e. The molecule has 0 aromatic heterocycles. The predicted octanol–water partition coefficient (Wildman–Crippen LogP) is 3.35. The van der Waals surface area contributed by atoms with Gasteiger partial charge in [0.25, 0.3) is 0 Å². The van der Waals surface area contributed by atoms with E-state index in [1.807, 2.05) is 13.0 Å². The van der Waals surface area contributed by atoms with Gasteiger partial charge in [-0.1, -0.05) is 18.2 Å². The summed E-state index contributed by atoms with van der Waals surface area (Å²) < 4.78 is 38.8. The number of aryl methyl sites for hydroxylation is 2. The summed E-state index contributed by atoms with van der Waals surface area (Å²) in [6.45, 7) is 3.40. The molecule has 7 heteroatoms. The van der Waals surface area contributed by atoms with Crippen molar-refractivity contribution in [2.75, 3.05) is 10.6 Å². The van der Waals surface area contributed by atoms with Crippen LogP contribution < -0.4 is 9.62 Å². The molecule has 5 nitrogen and oxygen atoms in total. The lowest BCUT2D eigenvalue weighted by atomic mass is 10.0. The molecule has 1 amide bonds. The minimum absolute atomic E-state index is 0.247. The topological polar surface area (TPSA) is 66.5 Å². The van der Waals surface area contributed by atoms with Gasteiger partial charge in [0.15, 0.2) is 0 Å². The van der Waals surface area contributed by atoms with Crippen LogP contribution in [0, 0.1) is 5.82 Å². The Labute approximate surface area is 165 Å². The molecule has 0 saturated carbocycles. The fourth-order valence-corrected chi connectivity index (χ4v) is 4.85. The Balaban J connectivity index is 1.78. The maximum Gasteiger partial charge on any atom is 0.244 e. The Morgan fingerprint density at radius 1 is 1.07 bits per heavy atom. The predicted molar refractivity (Wildman–Crippen MR) is 108 cm³/mol.